The van der Waals surface area contributed by atoms with Gasteiger partial charge in [0.05, 0.1) is 6.54 Å². The van der Waals surface area contributed by atoms with Crippen molar-refractivity contribution in [2.45, 2.75) is 63.5 Å². The van der Waals surface area contributed by atoms with Gasteiger partial charge in [-0.1, -0.05) is 12.8 Å². The fraction of sp³-hybridized carbons (Fsp3) is 0.765. The summed E-state index contributed by atoms with van der Waals surface area (Å²) < 4.78 is 8.82. The molecule has 25 heavy (non-hydrogen) atoms. The number of hydrogen-bond donors (Lipinski definition) is 1. The van der Waals surface area contributed by atoms with Crippen LogP contribution in [-0.2, 0) is 27.1 Å². The molecule has 2 aliphatic rings. The Bertz CT molecular complexity index is 787. The number of hydrogen-bond acceptors (Lipinski definition) is 6. The summed E-state index contributed by atoms with van der Waals surface area (Å²) in [4.78, 5) is 11.9. The first-order valence-electron chi connectivity index (χ1n) is 9.26. The van der Waals surface area contributed by atoms with E-state index in [-0.39, 0.29) is 5.69 Å². The van der Waals surface area contributed by atoms with Crippen LogP contribution in [0.4, 0.5) is 0 Å². The highest BCUT2D eigenvalue weighted by molar-refractivity contribution is 5.00. The molecule has 8 nitrogen and oxygen atoms in total. The normalized spacial score (nSPS) is 23.9. The minimum absolute atomic E-state index is 0.0613. The van der Waals surface area contributed by atoms with Crippen molar-refractivity contribution < 1.29 is 4.42 Å². The van der Waals surface area contributed by atoms with Gasteiger partial charge >= 0.3 is 5.69 Å². The number of aromatic nitrogens is 5. The van der Waals surface area contributed by atoms with Crippen LogP contribution in [0, 0.1) is 5.92 Å². The highest BCUT2D eigenvalue weighted by Gasteiger charge is 2.30. The van der Waals surface area contributed by atoms with Crippen molar-refractivity contribution in [2.75, 3.05) is 0 Å². The quantitative estimate of drug-likeness (QED) is 0.847. The molecule has 4 rings (SSSR count). The van der Waals surface area contributed by atoms with E-state index in [0.29, 0.717) is 30.3 Å². The van der Waals surface area contributed by atoms with Gasteiger partial charge in [-0.25, -0.2) is 9.48 Å². The Hall–Kier alpha value is -1.96. The molecular formula is C17H26N6O2. The lowest BCUT2D eigenvalue weighted by Gasteiger charge is -2.31. The summed E-state index contributed by atoms with van der Waals surface area (Å²) in [7, 11) is 3.50. The minimum Gasteiger partial charge on any atom is -0.424 e. The van der Waals surface area contributed by atoms with E-state index in [1.165, 1.54) is 30.4 Å². The van der Waals surface area contributed by atoms with Crippen LogP contribution in [0.3, 0.4) is 0 Å². The van der Waals surface area contributed by atoms with Gasteiger partial charge in [-0.2, -0.15) is 5.10 Å². The van der Waals surface area contributed by atoms with E-state index in [4.69, 9.17) is 4.42 Å². The lowest BCUT2D eigenvalue weighted by Crippen LogP contribution is -2.39. The standard InChI is InChI=1S/C17H26N6O2/c1-22-14(21-23(2)17(22)24)9-12-5-3-4-6-13(12)18-10-15-19-20-16(25-15)11-7-8-11/h11-13,18H,3-10H2,1-2H3/t12-,13-/m1/s1. The first kappa shape index (κ1) is 16.5. The Balaban J connectivity index is 1.39. The van der Waals surface area contributed by atoms with Gasteiger partial charge < -0.3 is 9.73 Å². The molecule has 0 aliphatic heterocycles. The Morgan fingerprint density at radius 2 is 1.96 bits per heavy atom. The van der Waals surface area contributed by atoms with Gasteiger partial charge in [0.25, 0.3) is 0 Å². The zero-order chi connectivity index (χ0) is 17.4. The third-order valence-corrected chi connectivity index (χ3v) is 5.49. The van der Waals surface area contributed by atoms with Crippen molar-refractivity contribution in [3.63, 3.8) is 0 Å². The van der Waals surface area contributed by atoms with Crippen LogP contribution in [0.25, 0.3) is 0 Å². The van der Waals surface area contributed by atoms with E-state index in [1.54, 1.807) is 18.7 Å². The molecule has 0 spiro atoms. The largest absolute Gasteiger partial charge is 0.424 e. The minimum atomic E-state index is -0.0613. The average Bonchev–Trinajstić information content (AvgIpc) is 3.32. The maximum Gasteiger partial charge on any atom is 0.345 e. The average molecular weight is 346 g/mol. The third kappa shape index (κ3) is 3.53. The molecular weight excluding hydrogens is 320 g/mol. The summed E-state index contributed by atoms with van der Waals surface area (Å²) >= 11 is 0. The van der Waals surface area contributed by atoms with E-state index in [1.807, 2.05) is 0 Å². The maximum absolute atomic E-state index is 11.9. The van der Waals surface area contributed by atoms with Crippen molar-refractivity contribution in [1.82, 2.24) is 29.9 Å². The van der Waals surface area contributed by atoms with Crippen LogP contribution in [0.1, 0.15) is 62.0 Å². The molecule has 0 saturated heterocycles. The Morgan fingerprint density at radius 3 is 2.68 bits per heavy atom. The molecule has 0 unspecified atom stereocenters. The SMILES string of the molecule is Cn1nc(C[C@H]2CCCC[C@H]2NCc2nnc(C3CC3)o2)n(C)c1=O. The fourth-order valence-corrected chi connectivity index (χ4v) is 3.80. The molecule has 0 bridgehead atoms. The Morgan fingerprint density at radius 1 is 1.16 bits per heavy atom. The molecule has 2 aromatic rings. The smallest absolute Gasteiger partial charge is 0.345 e. The predicted molar refractivity (Wildman–Crippen MR) is 91.0 cm³/mol. The molecule has 0 amide bonds. The topological polar surface area (TPSA) is 90.8 Å². The predicted octanol–water partition coefficient (Wildman–Crippen LogP) is 1.27. The molecule has 2 saturated carbocycles. The van der Waals surface area contributed by atoms with Gasteiger partial charge in [0.2, 0.25) is 11.8 Å². The molecule has 0 radical (unpaired) electrons. The number of aryl methyl sites for hydroxylation is 1. The second-order valence-electron chi connectivity index (χ2n) is 7.43. The van der Waals surface area contributed by atoms with Crippen LogP contribution in [0.5, 0.6) is 0 Å². The van der Waals surface area contributed by atoms with Gasteiger partial charge in [-0.15, -0.1) is 10.2 Å². The molecule has 0 aromatic carbocycles. The second-order valence-corrected chi connectivity index (χ2v) is 7.43. The van der Waals surface area contributed by atoms with Crippen molar-refractivity contribution in [3.8, 4) is 0 Å². The van der Waals surface area contributed by atoms with Crippen molar-refractivity contribution in [3.05, 3.63) is 28.1 Å². The van der Waals surface area contributed by atoms with E-state index >= 15 is 0 Å². The molecule has 1 N–H and O–H groups in total. The summed E-state index contributed by atoms with van der Waals surface area (Å²) in [6.07, 6.45) is 7.91. The number of nitrogens with zero attached hydrogens (tertiary/aromatic N) is 5. The Kier molecular flexibility index (Phi) is 4.45. The summed E-state index contributed by atoms with van der Waals surface area (Å²) in [5.41, 5.74) is -0.0613. The van der Waals surface area contributed by atoms with E-state index in [9.17, 15) is 4.79 Å². The van der Waals surface area contributed by atoms with Crippen LogP contribution < -0.4 is 11.0 Å². The van der Waals surface area contributed by atoms with Gasteiger partial charge in [-0.3, -0.25) is 4.57 Å². The lowest BCUT2D eigenvalue weighted by molar-refractivity contribution is 0.247. The Labute approximate surface area is 146 Å². The third-order valence-electron chi connectivity index (χ3n) is 5.49. The number of nitrogens with one attached hydrogen (secondary N) is 1. The first-order chi connectivity index (χ1) is 12.1. The van der Waals surface area contributed by atoms with Crippen molar-refractivity contribution in [2.24, 2.45) is 20.0 Å². The summed E-state index contributed by atoms with van der Waals surface area (Å²) in [6.45, 7) is 0.613. The highest BCUT2D eigenvalue weighted by Crippen LogP contribution is 2.39. The molecule has 2 aromatic heterocycles. The first-order valence-corrected chi connectivity index (χ1v) is 9.26. The zero-order valence-corrected chi connectivity index (χ0v) is 14.9. The monoisotopic (exact) mass is 346 g/mol. The zero-order valence-electron chi connectivity index (χ0n) is 14.9. The molecule has 2 atom stereocenters. The van der Waals surface area contributed by atoms with Crippen molar-refractivity contribution >= 4 is 0 Å². The van der Waals surface area contributed by atoms with Gasteiger partial charge in [-0.05, 0) is 31.6 Å². The number of rotatable bonds is 6. The van der Waals surface area contributed by atoms with E-state index < -0.39 is 0 Å². The molecule has 2 aliphatic carbocycles. The van der Waals surface area contributed by atoms with Crippen molar-refractivity contribution in [1.29, 1.82) is 0 Å². The summed E-state index contributed by atoms with van der Waals surface area (Å²) in [6, 6.07) is 0.391. The van der Waals surface area contributed by atoms with E-state index in [2.05, 4.69) is 20.6 Å². The molecule has 2 heterocycles. The highest BCUT2D eigenvalue weighted by atomic mass is 16.4. The summed E-state index contributed by atoms with van der Waals surface area (Å²) in [5.74, 6) is 3.30. The lowest BCUT2D eigenvalue weighted by atomic mass is 9.82. The summed E-state index contributed by atoms with van der Waals surface area (Å²) in [5, 5.41) is 16.3. The molecule has 8 heteroatoms. The van der Waals surface area contributed by atoms with Gasteiger partial charge in [0.1, 0.15) is 5.82 Å². The van der Waals surface area contributed by atoms with Gasteiger partial charge in [0.15, 0.2) is 0 Å². The fourth-order valence-electron chi connectivity index (χ4n) is 3.80. The van der Waals surface area contributed by atoms with E-state index in [0.717, 1.165) is 31.0 Å². The molecule has 2 fully saturated rings. The van der Waals surface area contributed by atoms with Crippen LogP contribution in [0.2, 0.25) is 0 Å². The molecule has 136 valence electrons. The van der Waals surface area contributed by atoms with Crippen LogP contribution >= 0.6 is 0 Å². The second kappa shape index (κ2) is 6.74. The maximum atomic E-state index is 11.9. The van der Waals surface area contributed by atoms with Crippen LogP contribution in [0.15, 0.2) is 9.21 Å². The van der Waals surface area contributed by atoms with Crippen LogP contribution in [-0.4, -0.2) is 30.6 Å². The van der Waals surface area contributed by atoms with Gasteiger partial charge in [0, 0.05) is 32.5 Å².